The molecule has 4 heterocycles. The fourth-order valence-corrected chi connectivity index (χ4v) is 5.70. The third kappa shape index (κ3) is 1.85. The van der Waals surface area contributed by atoms with Gasteiger partial charge in [-0.05, 0) is 47.5 Å². The van der Waals surface area contributed by atoms with Gasteiger partial charge in [0.25, 0.3) is 0 Å². The van der Waals surface area contributed by atoms with E-state index in [0.717, 1.165) is 44.2 Å². The summed E-state index contributed by atoms with van der Waals surface area (Å²) in [7, 11) is 2.10. The average Bonchev–Trinajstić information content (AvgIpc) is 3.34. The molecule has 0 saturated heterocycles. The summed E-state index contributed by atoms with van der Waals surface area (Å²) in [4.78, 5) is 0. The minimum atomic E-state index is 0.896. The first kappa shape index (κ1) is 15.5. The van der Waals surface area contributed by atoms with Gasteiger partial charge in [0.1, 0.15) is 35.1 Å². The van der Waals surface area contributed by atoms with Crippen LogP contribution in [0.5, 0.6) is 11.5 Å². The number of fused-ring (bicyclic) bond motifs is 7. The Balaban J connectivity index is 1.72. The molecule has 0 spiro atoms. The minimum Gasteiger partial charge on any atom is -0.455 e. The molecule has 1 aliphatic heterocycles. The Kier molecular flexibility index (Phi) is 2.76. The summed E-state index contributed by atoms with van der Waals surface area (Å²) in [6.45, 7) is 2.20. The number of pyridine rings is 1. The van der Waals surface area contributed by atoms with Crippen LogP contribution in [0, 0.1) is 6.92 Å². The molecule has 3 nitrogen and oxygen atoms in total. The van der Waals surface area contributed by atoms with Crippen molar-refractivity contribution < 1.29 is 13.7 Å². The fraction of sp³-hybridized carbons (Fsp3) is 0.0800. The molecular formula is C25H16NO2S+. The minimum absolute atomic E-state index is 0.896. The van der Waals surface area contributed by atoms with Crippen LogP contribution in [0.1, 0.15) is 5.56 Å². The molecule has 6 aromatic rings. The zero-order valence-electron chi connectivity index (χ0n) is 15.9. The molecule has 0 bridgehead atoms. The molecule has 0 atom stereocenters. The highest BCUT2D eigenvalue weighted by molar-refractivity contribution is 7.17. The lowest BCUT2D eigenvalue weighted by Crippen LogP contribution is -2.31. The van der Waals surface area contributed by atoms with Crippen molar-refractivity contribution in [2.24, 2.45) is 7.05 Å². The van der Waals surface area contributed by atoms with E-state index in [4.69, 9.17) is 9.15 Å². The molecule has 0 radical (unpaired) electrons. The second kappa shape index (κ2) is 5.16. The Bertz CT molecular complexity index is 1650. The van der Waals surface area contributed by atoms with Crippen molar-refractivity contribution in [3.05, 3.63) is 65.7 Å². The number of furan rings is 1. The van der Waals surface area contributed by atoms with Crippen molar-refractivity contribution in [1.82, 2.24) is 0 Å². The zero-order chi connectivity index (χ0) is 19.3. The normalized spacial score (nSPS) is 12.8. The number of ether oxygens (including phenoxy) is 1. The predicted molar refractivity (Wildman–Crippen MR) is 118 cm³/mol. The summed E-state index contributed by atoms with van der Waals surface area (Å²) in [5, 5.41) is 7.87. The molecule has 29 heavy (non-hydrogen) atoms. The topological polar surface area (TPSA) is 26.2 Å². The lowest BCUT2D eigenvalue weighted by Gasteiger charge is -2.21. The quantitative estimate of drug-likeness (QED) is 0.263. The molecule has 0 amide bonds. The number of benzene rings is 3. The number of para-hydroxylation sites is 1. The van der Waals surface area contributed by atoms with Crippen molar-refractivity contribution in [2.75, 3.05) is 0 Å². The van der Waals surface area contributed by atoms with Gasteiger partial charge in [0.15, 0.2) is 6.20 Å². The van der Waals surface area contributed by atoms with E-state index < -0.39 is 0 Å². The predicted octanol–water partition coefficient (Wildman–Crippen LogP) is 6.86. The molecule has 4 heteroatoms. The fourth-order valence-electron chi connectivity index (χ4n) is 4.83. The van der Waals surface area contributed by atoms with E-state index in [1.54, 1.807) is 11.3 Å². The van der Waals surface area contributed by atoms with Crippen LogP contribution in [0.3, 0.4) is 0 Å². The number of aromatic nitrogens is 1. The lowest BCUT2D eigenvalue weighted by atomic mass is 9.93. The Morgan fingerprint density at radius 2 is 1.79 bits per heavy atom. The van der Waals surface area contributed by atoms with Crippen molar-refractivity contribution in [3.8, 4) is 22.8 Å². The molecular weight excluding hydrogens is 378 g/mol. The number of rotatable bonds is 0. The van der Waals surface area contributed by atoms with Crippen molar-refractivity contribution in [1.29, 1.82) is 0 Å². The van der Waals surface area contributed by atoms with Crippen molar-refractivity contribution in [3.63, 3.8) is 0 Å². The first-order valence-corrected chi connectivity index (χ1v) is 10.5. The highest BCUT2D eigenvalue weighted by Gasteiger charge is 2.32. The van der Waals surface area contributed by atoms with E-state index in [0.29, 0.717) is 0 Å². The van der Waals surface area contributed by atoms with E-state index in [9.17, 15) is 0 Å². The maximum Gasteiger partial charge on any atom is 0.228 e. The zero-order valence-corrected chi connectivity index (χ0v) is 16.8. The number of hydrogen-bond donors (Lipinski definition) is 0. The molecule has 3 aromatic carbocycles. The number of nitrogens with zero attached hydrogens (tertiary/aromatic N) is 1. The summed E-state index contributed by atoms with van der Waals surface area (Å²) >= 11 is 1.76. The van der Waals surface area contributed by atoms with E-state index in [1.165, 1.54) is 26.9 Å². The van der Waals surface area contributed by atoms with Gasteiger partial charge in [0, 0.05) is 26.9 Å². The Labute approximate surface area is 170 Å². The van der Waals surface area contributed by atoms with Gasteiger partial charge in [-0.2, -0.15) is 0 Å². The second-order valence-corrected chi connectivity index (χ2v) is 8.67. The Morgan fingerprint density at radius 3 is 2.72 bits per heavy atom. The van der Waals surface area contributed by atoms with Crippen molar-refractivity contribution >= 4 is 54.1 Å². The number of hydrogen-bond acceptors (Lipinski definition) is 3. The van der Waals surface area contributed by atoms with Gasteiger partial charge in [-0.25, -0.2) is 4.57 Å². The van der Waals surface area contributed by atoms with E-state index in [2.05, 4.69) is 66.5 Å². The molecule has 0 fully saturated rings. The molecule has 0 N–H and O–H groups in total. The van der Waals surface area contributed by atoms with Crippen LogP contribution in [0.25, 0.3) is 54.1 Å². The van der Waals surface area contributed by atoms with Crippen LogP contribution in [-0.2, 0) is 7.05 Å². The summed E-state index contributed by atoms with van der Waals surface area (Å²) in [6, 6.07) is 16.9. The van der Waals surface area contributed by atoms with Crippen LogP contribution >= 0.6 is 11.3 Å². The summed E-state index contributed by atoms with van der Waals surface area (Å²) in [6.07, 6.45) is 2.13. The summed E-state index contributed by atoms with van der Waals surface area (Å²) in [5.74, 6) is 1.83. The van der Waals surface area contributed by atoms with Gasteiger partial charge in [-0.3, -0.25) is 0 Å². The standard InChI is InChI=1S/C25H16NO2S/c1-13-14-8-10-29-21(14)12-20-22(13)24-23-16(7-9-26(24)2)25-17(11-19(23)27-20)15-5-3-4-6-18(15)28-25/h3-12H,1-2H3/q+1. The van der Waals surface area contributed by atoms with Gasteiger partial charge < -0.3 is 9.15 Å². The molecule has 0 unspecified atom stereocenters. The summed E-state index contributed by atoms with van der Waals surface area (Å²) in [5.41, 5.74) is 5.45. The highest BCUT2D eigenvalue weighted by atomic mass is 32.1. The average molecular weight is 394 g/mol. The van der Waals surface area contributed by atoms with Crippen LogP contribution < -0.4 is 9.30 Å². The SMILES string of the molecule is Cc1c2c(cc3sccc13)Oc1cc3c4ccccc4oc3c3cc[n+](C)c-2c13. The van der Waals surface area contributed by atoms with Gasteiger partial charge in [0.05, 0.1) is 5.56 Å². The van der Waals surface area contributed by atoms with Crippen LogP contribution in [-0.4, -0.2) is 0 Å². The smallest absolute Gasteiger partial charge is 0.228 e. The van der Waals surface area contributed by atoms with Gasteiger partial charge >= 0.3 is 0 Å². The largest absolute Gasteiger partial charge is 0.455 e. The molecule has 138 valence electrons. The first-order valence-electron chi connectivity index (χ1n) is 9.66. The van der Waals surface area contributed by atoms with Crippen LogP contribution in [0.4, 0.5) is 0 Å². The molecule has 3 aromatic heterocycles. The first-order chi connectivity index (χ1) is 14.2. The van der Waals surface area contributed by atoms with E-state index in [1.807, 2.05) is 12.1 Å². The number of aryl methyl sites for hydroxylation is 2. The van der Waals surface area contributed by atoms with Gasteiger partial charge in [-0.1, -0.05) is 18.2 Å². The molecule has 0 aliphatic carbocycles. The molecule has 0 saturated carbocycles. The van der Waals surface area contributed by atoms with E-state index >= 15 is 0 Å². The Hall–Kier alpha value is -3.37. The highest BCUT2D eigenvalue weighted by Crippen LogP contribution is 2.51. The van der Waals surface area contributed by atoms with Crippen LogP contribution in [0.2, 0.25) is 0 Å². The van der Waals surface area contributed by atoms with E-state index in [-0.39, 0.29) is 0 Å². The third-order valence-electron chi connectivity index (χ3n) is 6.16. The Morgan fingerprint density at radius 1 is 0.897 bits per heavy atom. The summed E-state index contributed by atoms with van der Waals surface area (Å²) < 4.78 is 16.3. The number of thiophene rings is 1. The van der Waals surface area contributed by atoms with Crippen molar-refractivity contribution in [2.45, 2.75) is 6.92 Å². The lowest BCUT2D eigenvalue weighted by molar-refractivity contribution is -0.659. The van der Waals surface area contributed by atoms with Gasteiger partial charge in [0.2, 0.25) is 5.69 Å². The third-order valence-corrected chi connectivity index (χ3v) is 7.03. The molecule has 7 rings (SSSR count). The maximum atomic E-state index is 6.54. The molecule has 1 aliphatic rings. The second-order valence-electron chi connectivity index (χ2n) is 7.72. The van der Waals surface area contributed by atoms with Crippen LogP contribution in [0.15, 0.2) is 64.5 Å². The van der Waals surface area contributed by atoms with Gasteiger partial charge in [-0.15, -0.1) is 11.3 Å². The maximum absolute atomic E-state index is 6.54. The monoisotopic (exact) mass is 394 g/mol.